The number of halogens is 3. The molecule has 202 valence electrons. The maximum absolute atomic E-state index is 13.6. The molecule has 2 saturated carbocycles. The molecule has 2 aromatic rings. The van der Waals surface area contributed by atoms with Gasteiger partial charge in [-0.05, 0) is 50.8 Å². The minimum atomic E-state index is -4.84. The second kappa shape index (κ2) is 10.9. The summed E-state index contributed by atoms with van der Waals surface area (Å²) in [7, 11) is 0. The van der Waals surface area contributed by atoms with Gasteiger partial charge in [0.2, 0.25) is 5.56 Å². The van der Waals surface area contributed by atoms with Crippen molar-refractivity contribution in [3.63, 3.8) is 0 Å². The number of carbonyl (C=O) groups excluding carboxylic acids is 1. The standard InChI is InChI=1S/C29H33F3N4O2/c1-19-18-35(13-14-36(19)22-10-11-22)26-12-9-21(8-7-20-5-3-2-4-6-20)15-25(26)34-28(38)23-17-33-27(37)16-24(23)29(30,31)32/h9,12,15-17,19-20,22H,2-6,10-11,13-14,18H2,1H3,(H,33,37)(H,34,38)/t19-/m0/s1. The smallest absolute Gasteiger partial charge is 0.367 e. The highest BCUT2D eigenvalue weighted by Gasteiger charge is 2.37. The summed E-state index contributed by atoms with van der Waals surface area (Å²) in [6, 6.07) is 6.95. The van der Waals surface area contributed by atoms with Gasteiger partial charge in [-0.15, -0.1) is 0 Å². The Hall–Kier alpha value is -3.25. The molecule has 1 aromatic carbocycles. The molecule has 1 saturated heterocycles. The first-order chi connectivity index (χ1) is 18.2. The average Bonchev–Trinajstić information content (AvgIpc) is 3.73. The number of aromatic nitrogens is 1. The van der Waals surface area contributed by atoms with Crippen LogP contribution in [0.5, 0.6) is 0 Å². The minimum absolute atomic E-state index is 0.321. The van der Waals surface area contributed by atoms with E-state index in [9.17, 15) is 22.8 Å². The third kappa shape index (κ3) is 6.07. The summed E-state index contributed by atoms with van der Waals surface area (Å²) >= 11 is 0. The molecule has 1 aromatic heterocycles. The van der Waals surface area contributed by atoms with Crippen molar-refractivity contribution in [1.82, 2.24) is 9.88 Å². The van der Waals surface area contributed by atoms with Crippen molar-refractivity contribution in [2.24, 2.45) is 5.92 Å². The zero-order valence-electron chi connectivity index (χ0n) is 21.5. The lowest BCUT2D eigenvalue weighted by atomic mass is 9.89. The highest BCUT2D eigenvalue weighted by atomic mass is 19.4. The molecule has 0 unspecified atom stereocenters. The predicted molar refractivity (Wildman–Crippen MR) is 141 cm³/mol. The molecule has 1 atom stereocenters. The molecule has 6 nitrogen and oxygen atoms in total. The van der Waals surface area contributed by atoms with Gasteiger partial charge in [0.15, 0.2) is 0 Å². The molecular formula is C29H33F3N4O2. The van der Waals surface area contributed by atoms with Crippen molar-refractivity contribution < 1.29 is 18.0 Å². The first-order valence-corrected chi connectivity index (χ1v) is 13.5. The van der Waals surface area contributed by atoms with E-state index < -0.39 is 28.8 Å². The molecule has 1 aliphatic heterocycles. The Morgan fingerprint density at radius 1 is 1.08 bits per heavy atom. The summed E-state index contributed by atoms with van der Waals surface area (Å²) in [5, 5.41) is 2.71. The second-order valence-corrected chi connectivity index (χ2v) is 10.7. The second-order valence-electron chi connectivity index (χ2n) is 10.7. The number of aromatic amines is 1. The van der Waals surface area contributed by atoms with Crippen molar-refractivity contribution in [2.75, 3.05) is 29.9 Å². The average molecular weight is 527 g/mol. The van der Waals surface area contributed by atoms with Gasteiger partial charge in [-0.2, -0.15) is 13.2 Å². The normalized spacial score (nSPS) is 21.1. The Morgan fingerprint density at radius 3 is 2.53 bits per heavy atom. The van der Waals surface area contributed by atoms with Crippen molar-refractivity contribution in [3.05, 3.63) is 57.5 Å². The molecule has 2 heterocycles. The van der Waals surface area contributed by atoms with Crippen LogP contribution in [0.2, 0.25) is 0 Å². The SMILES string of the molecule is C[C@H]1CN(c2ccc(C#CC3CCCCC3)cc2NC(=O)c2c[nH]c(=O)cc2C(F)(F)F)CCN1C1CC1. The monoisotopic (exact) mass is 526 g/mol. The van der Waals surface area contributed by atoms with E-state index in [1.807, 2.05) is 12.1 Å². The molecule has 38 heavy (non-hydrogen) atoms. The van der Waals surface area contributed by atoms with E-state index in [1.54, 1.807) is 6.07 Å². The van der Waals surface area contributed by atoms with Crippen molar-refractivity contribution in [2.45, 2.75) is 70.1 Å². The van der Waals surface area contributed by atoms with Crippen LogP contribution in [-0.4, -0.2) is 47.5 Å². The van der Waals surface area contributed by atoms with E-state index >= 15 is 0 Å². The number of carbonyl (C=O) groups is 1. The van der Waals surface area contributed by atoms with Crippen LogP contribution in [0.15, 0.2) is 35.3 Å². The molecule has 3 aliphatic rings. The number of amides is 1. The number of pyridine rings is 1. The van der Waals surface area contributed by atoms with Gasteiger partial charge in [-0.3, -0.25) is 14.5 Å². The highest BCUT2D eigenvalue weighted by Crippen LogP contribution is 2.35. The highest BCUT2D eigenvalue weighted by molar-refractivity contribution is 6.07. The molecule has 1 amide bonds. The third-order valence-corrected chi connectivity index (χ3v) is 7.78. The Bertz CT molecular complexity index is 1300. The molecule has 0 bridgehead atoms. The lowest BCUT2D eigenvalue weighted by Crippen LogP contribution is -2.52. The first-order valence-electron chi connectivity index (χ1n) is 13.5. The van der Waals surface area contributed by atoms with Gasteiger partial charge in [0.05, 0.1) is 22.5 Å². The minimum Gasteiger partial charge on any atom is -0.367 e. The number of hydrogen-bond donors (Lipinski definition) is 2. The summed E-state index contributed by atoms with van der Waals surface area (Å²) in [6.07, 6.45) is 4.15. The number of piperazine rings is 1. The van der Waals surface area contributed by atoms with E-state index in [0.29, 0.717) is 35.3 Å². The Kier molecular flexibility index (Phi) is 7.53. The number of rotatable bonds is 4. The first kappa shape index (κ1) is 26.4. The molecule has 3 fully saturated rings. The number of hydrogen-bond acceptors (Lipinski definition) is 4. The molecule has 9 heteroatoms. The van der Waals surface area contributed by atoms with Crippen molar-refractivity contribution >= 4 is 17.3 Å². The van der Waals surface area contributed by atoms with Crippen LogP contribution in [0.4, 0.5) is 24.5 Å². The van der Waals surface area contributed by atoms with Crippen LogP contribution < -0.4 is 15.8 Å². The maximum Gasteiger partial charge on any atom is 0.417 e. The number of H-pyrrole nitrogens is 1. The van der Waals surface area contributed by atoms with E-state index in [-0.39, 0.29) is 0 Å². The Morgan fingerprint density at radius 2 is 1.84 bits per heavy atom. The summed E-state index contributed by atoms with van der Waals surface area (Å²) in [4.78, 5) is 31.6. The Labute approximate surface area is 220 Å². The molecule has 0 spiro atoms. The van der Waals surface area contributed by atoms with Crippen LogP contribution >= 0.6 is 0 Å². The van der Waals surface area contributed by atoms with Gasteiger partial charge in [-0.25, -0.2) is 0 Å². The van der Waals surface area contributed by atoms with Crippen LogP contribution in [0.3, 0.4) is 0 Å². The van der Waals surface area contributed by atoms with Gasteiger partial charge >= 0.3 is 6.18 Å². The van der Waals surface area contributed by atoms with Gasteiger partial charge in [0.25, 0.3) is 5.91 Å². The lowest BCUT2D eigenvalue weighted by molar-refractivity contribution is -0.138. The summed E-state index contributed by atoms with van der Waals surface area (Å²) in [5.74, 6) is 5.98. The molecule has 0 radical (unpaired) electrons. The van der Waals surface area contributed by atoms with Crippen molar-refractivity contribution in [1.29, 1.82) is 0 Å². The fourth-order valence-electron chi connectivity index (χ4n) is 5.64. The van der Waals surface area contributed by atoms with Crippen LogP contribution in [0.25, 0.3) is 0 Å². The molecule has 5 rings (SSSR count). The van der Waals surface area contributed by atoms with Crippen LogP contribution in [-0.2, 0) is 6.18 Å². The van der Waals surface area contributed by atoms with Gasteiger partial charge in [0.1, 0.15) is 0 Å². The number of anilines is 2. The largest absolute Gasteiger partial charge is 0.417 e. The van der Waals surface area contributed by atoms with Gasteiger partial charge in [-0.1, -0.05) is 31.1 Å². The van der Waals surface area contributed by atoms with E-state index in [1.165, 1.54) is 32.1 Å². The zero-order valence-corrected chi connectivity index (χ0v) is 21.5. The number of benzene rings is 1. The number of nitrogens with one attached hydrogen (secondary N) is 2. The van der Waals surface area contributed by atoms with Gasteiger partial charge < -0.3 is 15.2 Å². The molecule has 2 aliphatic carbocycles. The van der Waals surface area contributed by atoms with Gasteiger partial charge in [0, 0.05) is 55.5 Å². The van der Waals surface area contributed by atoms with Crippen LogP contribution in [0.1, 0.15) is 73.4 Å². The fraction of sp³-hybridized carbons (Fsp3) is 0.517. The predicted octanol–water partition coefficient (Wildman–Crippen LogP) is 5.25. The number of nitrogens with zero attached hydrogens (tertiary/aromatic N) is 2. The summed E-state index contributed by atoms with van der Waals surface area (Å²) < 4.78 is 40.9. The Balaban J connectivity index is 1.45. The summed E-state index contributed by atoms with van der Waals surface area (Å²) in [6.45, 7) is 4.57. The van der Waals surface area contributed by atoms with Crippen molar-refractivity contribution in [3.8, 4) is 11.8 Å². The van der Waals surface area contributed by atoms with E-state index in [2.05, 4.69) is 38.9 Å². The fourth-order valence-corrected chi connectivity index (χ4v) is 5.64. The third-order valence-electron chi connectivity index (χ3n) is 7.78. The molecule has 2 N–H and O–H groups in total. The van der Waals surface area contributed by atoms with Crippen LogP contribution in [0, 0.1) is 17.8 Å². The quantitative estimate of drug-likeness (QED) is 0.534. The van der Waals surface area contributed by atoms with E-state index in [4.69, 9.17) is 0 Å². The zero-order chi connectivity index (χ0) is 26.9. The van der Waals surface area contributed by atoms with E-state index in [0.717, 1.165) is 44.4 Å². The molecular weight excluding hydrogens is 493 g/mol. The topological polar surface area (TPSA) is 68.4 Å². The number of alkyl halides is 3. The maximum atomic E-state index is 13.6. The lowest BCUT2D eigenvalue weighted by Gasteiger charge is -2.41. The summed E-state index contributed by atoms with van der Waals surface area (Å²) in [5.41, 5.74) is -0.943.